The van der Waals surface area contributed by atoms with Crippen molar-refractivity contribution in [3.05, 3.63) is 95.3 Å². The first-order valence-corrected chi connectivity index (χ1v) is 12.8. The van der Waals surface area contributed by atoms with Crippen LogP contribution in [0.25, 0.3) is 0 Å². The number of benzene rings is 3. The fourth-order valence-electron chi connectivity index (χ4n) is 4.34. The van der Waals surface area contributed by atoms with Gasteiger partial charge in [-0.15, -0.1) is 0 Å². The highest BCUT2D eigenvalue weighted by atomic mass is 19.1. The fourth-order valence-corrected chi connectivity index (χ4v) is 4.34. The van der Waals surface area contributed by atoms with Gasteiger partial charge in [0, 0.05) is 5.92 Å². The minimum absolute atomic E-state index is 0.0222. The number of rotatable bonds is 8. The van der Waals surface area contributed by atoms with E-state index in [0.29, 0.717) is 23.5 Å². The molecule has 0 aliphatic carbocycles. The Bertz CT molecular complexity index is 1260. The molecular weight excluding hydrogens is 485 g/mol. The summed E-state index contributed by atoms with van der Waals surface area (Å²) in [6, 6.07) is 17.5. The molecule has 1 aliphatic rings. The predicted molar refractivity (Wildman–Crippen MR) is 145 cm³/mol. The molecule has 1 aliphatic heterocycles. The molecule has 0 aromatic heterocycles. The van der Waals surface area contributed by atoms with Gasteiger partial charge in [-0.3, -0.25) is 9.59 Å². The van der Waals surface area contributed by atoms with Crippen molar-refractivity contribution in [1.82, 2.24) is 10.2 Å². The van der Waals surface area contributed by atoms with Crippen LogP contribution >= 0.6 is 0 Å². The number of hydrogen-bond acceptors (Lipinski definition) is 4. The highest BCUT2D eigenvalue weighted by Gasteiger charge is 2.47. The van der Waals surface area contributed by atoms with Crippen LogP contribution in [0.4, 0.5) is 14.9 Å². The van der Waals surface area contributed by atoms with Gasteiger partial charge in [-0.05, 0) is 54.8 Å². The van der Waals surface area contributed by atoms with Crippen molar-refractivity contribution in [1.29, 1.82) is 0 Å². The van der Waals surface area contributed by atoms with Gasteiger partial charge in [0.25, 0.3) is 5.91 Å². The van der Waals surface area contributed by atoms with Crippen LogP contribution in [0.5, 0.6) is 5.75 Å². The van der Waals surface area contributed by atoms with E-state index in [1.54, 1.807) is 44.2 Å². The number of halogens is 1. The van der Waals surface area contributed by atoms with Crippen LogP contribution in [0.15, 0.2) is 72.8 Å². The average molecular weight is 520 g/mol. The van der Waals surface area contributed by atoms with Crippen molar-refractivity contribution in [3.8, 4) is 5.75 Å². The molecule has 200 valence electrons. The van der Waals surface area contributed by atoms with E-state index < -0.39 is 41.7 Å². The molecule has 3 aromatic carbocycles. The lowest BCUT2D eigenvalue weighted by molar-refractivity contribution is -0.134. The van der Waals surface area contributed by atoms with Crippen molar-refractivity contribution >= 4 is 23.5 Å². The zero-order chi connectivity index (χ0) is 27.8. The van der Waals surface area contributed by atoms with Crippen LogP contribution in [0.3, 0.4) is 0 Å². The van der Waals surface area contributed by atoms with Gasteiger partial charge in [0.05, 0.1) is 12.3 Å². The molecular formula is C30H34FN3O4. The minimum Gasteiger partial charge on any atom is -0.494 e. The van der Waals surface area contributed by atoms with Crippen LogP contribution in [0.2, 0.25) is 0 Å². The minimum atomic E-state index is -1.21. The van der Waals surface area contributed by atoms with Gasteiger partial charge >= 0.3 is 6.03 Å². The summed E-state index contributed by atoms with van der Waals surface area (Å²) in [5, 5.41) is 5.27. The molecule has 3 aromatic rings. The lowest BCUT2D eigenvalue weighted by Gasteiger charge is -2.30. The number of aryl methyl sites for hydroxylation is 1. The average Bonchev–Trinajstić information content (AvgIpc) is 3.21. The number of nitrogens with zero attached hydrogens (tertiary/aromatic N) is 1. The van der Waals surface area contributed by atoms with Gasteiger partial charge in [-0.25, -0.2) is 14.1 Å². The maximum Gasteiger partial charge on any atom is 0.325 e. The third-order valence-corrected chi connectivity index (χ3v) is 6.22. The number of nitrogens with one attached hydrogen (secondary N) is 2. The number of hydrogen-bond donors (Lipinski definition) is 2. The van der Waals surface area contributed by atoms with E-state index >= 15 is 0 Å². The Labute approximate surface area is 223 Å². The summed E-state index contributed by atoms with van der Waals surface area (Å²) in [5.41, 5.74) is 2.00. The molecule has 2 unspecified atom stereocenters. The lowest BCUT2D eigenvalue weighted by atomic mass is 9.91. The Kier molecular flexibility index (Phi) is 9.60. The molecule has 1 saturated heterocycles. The Morgan fingerprint density at radius 1 is 1.05 bits per heavy atom. The summed E-state index contributed by atoms with van der Waals surface area (Å²) >= 11 is 0. The van der Waals surface area contributed by atoms with Gasteiger partial charge in [0.1, 0.15) is 23.7 Å². The monoisotopic (exact) mass is 519 g/mol. The molecule has 0 spiro atoms. The summed E-state index contributed by atoms with van der Waals surface area (Å²) in [6.45, 7) is 9.87. The normalized spacial score (nSPS) is 16.2. The van der Waals surface area contributed by atoms with E-state index in [1.165, 1.54) is 12.1 Å². The number of carbonyl (C=O) groups excluding carboxylic acids is 3. The summed E-state index contributed by atoms with van der Waals surface area (Å²) < 4.78 is 20.0. The van der Waals surface area contributed by atoms with Gasteiger partial charge in [-0.2, -0.15) is 0 Å². The zero-order valence-electron chi connectivity index (χ0n) is 22.3. The molecule has 4 rings (SSSR count). The van der Waals surface area contributed by atoms with E-state index in [9.17, 15) is 18.8 Å². The third-order valence-electron chi connectivity index (χ3n) is 6.22. The molecule has 1 heterocycles. The van der Waals surface area contributed by atoms with E-state index in [2.05, 4.69) is 10.6 Å². The maximum atomic E-state index is 14.5. The van der Waals surface area contributed by atoms with E-state index in [0.717, 1.165) is 10.5 Å². The van der Waals surface area contributed by atoms with Crippen LogP contribution in [0, 0.1) is 12.7 Å². The number of amides is 4. The lowest BCUT2D eigenvalue weighted by Crippen LogP contribution is -2.50. The molecule has 0 saturated carbocycles. The first-order valence-electron chi connectivity index (χ1n) is 12.8. The Hall–Kier alpha value is -4.20. The SMILES string of the molecule is CC.CCOc1ccc([C@H]2NC(=O)N(C(C(=O)Nc3ccc(C)cc3F)C(C)c3ccccc3)C2=O)cc1. The van der Waals surface area contributed by atoms with Crippen molar-refractivity contribution < 1.29 is 23.5 Å². The molecule has 4 amide bonds. The molecule has 7 nitrogen and oxygen atoms in total. The summed E-state index contributed by atoms with van der Waals surface area (Å²) in [6.07, 6.45) is 0. The van der Waals surface area contributed by atoms with Gasteiger partial charge in [-0.1, -0.05) is 69.3 Å². The zero-order valence-corrected chi connectivity index (χ0v) is 22.3. The molecule has 0 radical (unpaired) electrons. The van der Waals surface area contributed by atoms with Crippen LogP contribution in [-0.4, -0.2) is 35.4 Å². The molecule has 3 atom stereocenters. The molecule has 8 heteroatoms. The molecule has 2 N–H and O–H groups in total. The van der Waals surface area contributed by atoms with Crippen LogP contribution in [0.1, 0.15) is 56.3 Å². The number of carbonyl (C=O) groups is 3. The second kappa shape index (κ2) is 12.9. The summed E-state index contributed by atoms with van der Waals surface area (Å²) in [7, 11) is 0. The maximum absolute atomic E-state index is 14.5. The Morgan fingerprint density at radius 2 is 1.71 bits per heavy atom. The largest absolute Gasteiger partial charge is 0.494 e. The molecule has 1 fully saturated rings. The number of urea groups is 1. The highest BCUT2D eigenvalue weighted by Crippen LogP contribution is 2.32. The highest BCUT2D eigenvalue weighted by molar-refractivity contribution is 6.10. The second-order valence-corrected chi connectivity index (χ2v) is 8.71. The Morgan fingerprint density at radius 3 is 2.32 bits per heavy atom. The van der Waals surface area contributed by atoms with E-state index in [4.69, 9.17) is 4.74 Å². The molecule has 38 heavy (non-hydrogen) atoms. The molecule has 0 bridgehead atoms. The van der Waals surface area contributed by atoms with E-state index in [1.807, 2.05) is 51.1 Å². The number of imide groups is 1. The van der Waals surface area contributed by atoms with E-state index in [-0.39, 0.29) is 5.69 Å². The van der Waals surface area contributed by atoms with Crippen LogP contribution in [-0.2, 0) is 9.59 Å². The van der Waals surface area contributed by atoms with Crippen molar-refractivity contribution in [2.45, 2.75) is 52.6 Å². The van der Waals surface area contributed by atoms with Gasteiger partial charge in [0.2, 0.25) is 5.91 Å². The standard InChI is InChI=1S/C28H28FN3O4.C2H6/c1-4-36-21-13-11-20(12-14-21)24-27(34)32(28(35)31-24)25(18(3)19-8-6-5-7-9-19)26(33)30-23-15-10-17(2)16-22(23)29;1-2/h5-16,18,24-25H,4H2,1-3H3,(H,30,33)(H,31,35);1-2H3/t18?,24-,25?;/m1./s1. The van der Waals surface area contributed by atoms with Crippen molar-refractivity contribution in [2.75, 3.05) is 11.9 Å². The topological polar surface area (TPSA) is 87.7 Å². The summed E-state index contributed by atoms with van der Waals surface area (Å²) in [4.78, 5) is 41.1. The third kappa shape index (κ3) is 6.19. The predicted octanol–water partition coefficient (Wildman–Crippen LogP) is 5.96. The van der Waals surface area contributed by atoms with Crippen molar-refractivity contribution in [3.63, 3.8) is 0 Å². The summed E-state index contributed by atoms with van der Waals surface area (Å²) in [5.74, 6) is -1.74. The quantitative estimate of drug-likeness (QED) is 0.359. The fraction of sp³-hybridized carbons (Fsp3) is 0.300. The van der Waals surface area contributed by atoms with Gasteiger partial charge in [0.15, 0.2) is 0 Å². The smallest absolute Gasteiger partial charge is 0.325 e. The first-order chi connectivity index (χ1) is 18.3. The second-order valence-electron chi connectivity index (χ2n) is 8.71. The van der Waals surface area contributed by atoms with Crippen LogP contribution < -0.4 is 15.4 Å². The Balaban J connectivity index is 0.00000195. The number of anilines is 1. The van der Waals surface area contributed by atoms with Gasteiger partial charge < -0.3 is 15.4 Å². The number of ether oxygens (including phenoxy) is 1. The van der Waals surface area contributed by atoms with Crippen molar-refractivity contribution in [2.24, 2.45) is 0 Å². The first kappa shape index (κ1) is 28.4.